The third-order valence-corrected chi connectivity index (χ3v) is 4.43. The van der Waals surface area contributed by atoms with Crippen LogP contribution in [0.1, 0.15) is 24.0 Å². The Labute approximate surface area is 158 Å². The van der Waals surface area contributed by atoms with Crippen LogP contribution in [0.5, 0.6) is 17.2 Å². The van der Waals surface area contributed by atoms with Crippen molar-refractivity contribution in [2.45, 2.75) is 25.8 Å². The summed E-state index contributed by atoms with van der Waals surface area (Å²) in [5.74, 6) is 2.02. The molecule has 3 rings (SSSR count). The molecular weight excluding hydrogens is 354 g/mol. The molecule has 0 fully saturated rings. The molecule has 0 saturated carbocycles. The first-order valence-corrected chi connectivity index (χ1v) is 9.01. The van der Waals surface area contributed by atoms with Gasteiger partial charge in [0.15, 0.2) is 11.5 Å². The molecule has 0 spiro atoms. The summed E-state index contributed by atoms with van der Waals surface area (Å²) >= 11 is 6.27. The summed E-state index contributed by atoms with van der Waals surface area (Å²) in [6.07, 6.45) is 1.92. The zero-order valence-electron chi connectivity index (χ0n) is 14.7. The smallest absolute Gasteiger partial charge is 0.220 e. The minimum absolute atomic E-state index is 0.0101. The van der Waals surface area contributed by atoms with Crippen LogP contribution in [-0.2, 0) is 17.8 Å². The van der Waals surface area contributed by atoms with Crippen LogP contribution >= 0.6 is 11.6 Å². The number of nitrogens with one attached hydrogen (secondary N) is 1. The van der Waals surface area contributed by atoms with Crippen LogP contribution in [-0.4, -0.2) is 26.2 Å². The maximum absolute atomic E-state index is 12.1. The highest BCUT2D eigenvalue weighted by Gasteiger charge is 2.15. The number of rotatable bonds is 6. The molecule has 138 valence electrons. The first-order valence-electron chi connectivity index (χ1n) is 8.63. The third kappa shape index (κ3) is 4.82. The number of benzene rings is 2. The summed E-state index contributed by atoms with van der Waals surface area (Å²) in [5.41, 5.74) is 1.98. The highest BCUT2D eigenvalue weighted by atomic mass is 35.5. The quantitative estimate of drug-likeness (QED) is 0.835. The third-order valence-electron chi connectivity index (χ3n) is 4.15. The number of aryl methyl sites for hydroxylation is 1. The van der Waals surface area contributed by atoms with Gasteiger partial charge in [-0.15, -0.1) is 0 Å². The lowest BCUT2D eigenvalue weighted by Crippen LogP contribution is -2.23. The fourth-order valence-electron chi connectivity index (χ4n) is 2.73. The fourth-order valence-corrected chi connectivity index (χ4v) is 3.01. The zero-order chi connectivity index (χ0) is 18.4. The van der Waals surface area contributed by atoms with Crippen molar-refractivity contribution in [1.82, 2.24) is 5.32 Å². The van der Waals surface area contributed by atoms with Gasteiger partial charge in [-0.1, -0.05) is 23.7 Å². The number of hydrogen-bond acceptors (Lipinski definition) is 4. The van der Waals surface area contributed by atoms with Crippen molar-refractivity contribution in [2.24, 2.45) is 0 Å². The average molecular weight is 376 g/mol. The van der Waals surface area contributed by atoms with Crippen LogP contribution in [0.25, 0.3) is 0 Å². The van der Waals surface area contributed by atoms with Gasteiger partial charge in [0.25, 0.3) is 0 Å². The van der Waals surface area contributed by atoms with Crippen molar-refractivity contribution < 1.29 is 19.0 Å². The van der Waals surface area contributed by atoms with E-state index in [2.05, 4.69) is 5.32 Å². The second-order valence-electron chi connectivity index (χ2n) is 6.08. The lowest BCUT2D eigenvalue weighted by molar-refractivity contribution is -0.121. The number of fused-ring (bicyclic) bond motifs is 1. The van der Waals surface area contributed by atoms with Crippen LogP contribution in [0, 0.1) is 0 Å². The Morgan fingerprint density at radius 1 is 1.15 bits per heavy atom. The van der Waals surface area contributed by atoms with Crippen LogP contribution in [0.3, 0.4) is 0 Å². The highest BCUT2D eigenvalue weighted by Crippen LogP contribution is 2.37. The number of carbonyl (C=O) groups excluding carboxylic acids is 1. The SMILES string of the molecule is COc1ccc(CCC(=O)NCc2cc(Cl)c3c(c2)OCCCO3)cc1. The van der Waals surface area contributed by atoms with Crippen molar-refractivity contribution in [3.05, 3.63) is 52.5 Å². The van der Waals surface area contributed by atoms with E-state index in [0.717, 1.165) is 23.3 Å². The largest absolute Gasteiger partial charge is 0.497 e. The molecule has 1 N–H and O–H groups in total. The Hall–Kier alpha value is -2.40. The molecule has 1 heterocycles. The van der Waals surface area contributed by atoms with E-state index in [1.807, 2.05) is 30.3 Å². The summed E-state index contributed by atoms with van der Waals surface area (Å²) < 4.78 is 16.4. The topological polar surface area (TPSA) is 56.8 Å². The second-order valence-corrected chi connectivity index (χ2v) is 6.49. The van der Waals surface area contributed by atoms with Gasteiger partial charge in [-0.25, -0.2) is 0 Å². The van der Waals surface area contributed by atoms with Crippen LogP contribution in [0.2, 0.25) is 5.02 Å². The fraction of sp³-hybridized carbons (Fsp3) is 0.350. The Morgan fingerprint density at radius 3 is 2.69 bits per heavy atom. The molecular formula is C20H22ClNO4. The summed E-state index contributed by atoms with van der Waals surface area (Å²) in [7, 11) is 1.63. The summed E-state index contributed by atoms with van der Waals surface area (Å²) in [4.78, 5) is 12.1. The van der Waals surface area contributed by atoms with E-state index >= 15 is 0 Å². The number of amides is 1. The van der Waals surface area contributed by atoms with Gasteiger partial charge < -0.3 is 19.5 Å². The van der Waals surface area contributed by atoms with Gasteiger partial charge in [-0.3, -0.25) is 4.79 Å². The van der Waals surface area contributed by atoms with Crippen molar-refractivity contribution in [1.29, 1.82) is 0 Å². The lowest BCUT2D eigenvalue weighted by Gasteiger charge is -2.12. The maximum Gasteiger partial charge on any atom is 0.220 e. The summed E-state index contributed by atoms with van der Waals surface area (Å²) in [6, 6.07) is 11.4. The van der Waals surface area contributed by atoms with E-state index in [9.17, 15) is 4.79 Å². The highest BCUT2D eigenvalue weighted by molar-refractivity contribution is 6.32. The van der Waals surface area contributed by atoms with E-state index in [0.29, 0.717) is 49.1 Å². The van der Waals surface area contributed by atoms with Crippen molar-refractivity contribution in [3.8, 4) is 17.2 Å². The van der Waals surface area contributed by atoms with Crippen molar-refractivity contribution in [2.75, 3.05) is 20.3 Å². The number of carbonyl (C=O) groups is 1. The molecule has 0 atom stereocenters. The van der Waals surface area contributed by atoms with Crippen molar-refractivity contribution in [3.63, 3.8) is 0 Å². The molecule has 26 heavy (non-hydrogen) atoms. The number of hydrogen-bond donors (Lipinski definition) is 1. The van der Waals surface area contributed by atoms with Gasteiger partial charge in [-0.05, 0) is 41.8 Å². The molecule has 0 saturated heterocycles. The average Bonchev–Trinajstić information content (AvgIpc) is 2.91. The molecule has 1 aliphatic rings. The molecule has 0 aromatic heterocycles. The van der Waals surface area contributed by atoms with Gasteiger partial charge >= 0.3 is 0 Å². The van der Waals surface area contributed by atoms with E-state index in [1.54, 1.807) is 13.2 Å². The van der Waals surface area contributed by atoms with E-state index in [4.69, 9.17) is 25.8 Å². The molecule has 0 bridgehead atoms. The Morgan fingerprint density at radius 2 is 1.92 bits per heavy atom. The zero-order valence-corrected chi connectivity index (χ0v) is 15.5. The summed E-state index contributed by atoms with van der Waals surface area (Å²) in [6.45, 7) is 1.59. The van der Waals surface area contributed by atoms with Gasteiger partial charge in [-0.2, -0.15) is 0 Å². The minimum Gasteiger partial charge on any atom is -0.497 e. The second kappa shape index (κ2) is 8.81. The number of ether oxygens (including phenoxy) is 3. The molecule has 6 heteroatoms. The first-order chi connectivity index (χ1) is 12.7. The van der Waals surface area contributed by atoms with Crippen LogP contribution < -0.4 is 19.5 Å². The standard InChI is InChI=1S/C20H22ClNO4/c1-24-16-6-3-14(4-7-16)5-8-19(23)22-13-15-11-17(21)20-18(12-15)25-9-2-10-26-20/h3-4,6-7,11-12H,2,5,8-10,13H2,1H3,(H,22,23). The molecule has 2 aromatic carbocycles. The van der Waals surface area contributed by atoms with Gasteiger partial charge in [0, 0.05) is 19.4 Å². The normalized spacial score (nSPS) is 13.0. The minimum atomic E-state index is -0.0101. The molecule has 0 unspecified atom stereocenters. The molecule has 1 aliphatic heterocycles. The Bertz CT molecular complexity index is 761. The van der Waals surface area contributed by atoms with Gasteiger partial charge in [0.05, 0.1) is 25.3 Å². The summed E-state index contributed by atoms with van der Waals surface area (Å²) in [5, 5.41) is 3.43. The Balaban J connectivity index is 1.52. The van der Waals surface area contributed by atoms with Crippen LogP contribution in [0.15, 0.2) is 36.4 Å². The number of methoxy groups -OCH3 is 1. The molecule has 0 radical (unpaired) electrons. The van der Waals surface area contributed by atoms with Crippen LogP contribution in [0.4, 0.5) is 0 Å². The number of halogens is 1. The lowest BCUT2D eigenvalue weighted by atomic mass is 10.1. The first kappa shape index (κ1) is 18.4. The Kier molecular flexibility index (Phi) is 6.23. The van der Waals surface area contributed by atoms with Crippen molar-refractivity contribution >= 4 is 17.5 Å². The maximum atomic E-state index is 12.1. The van der Waals surface area contributed by atoms with E-state index < -0.39 is 0 Å². The van der Waals surface area contributed by atoms with E-state index in [-0.39, 0.29) is 5.91 Å². The molecule has 0 aliphatic carbocycles. The predicted octanol–water partition coefficient (Wildman–Crippen LogP) is 3.76. The van der Waals surface area contributed by atoms with Gasteiger partial charge in [0.2, 0.25) is 5.91 Å². The molecule has 5 nitrogen and oxygen atoms in total. The molecule has 2 aromatic rings. The predicted molar refractivity (Wildman–Crippen MR) is 100 cm³/mol. The van der Waals surface area contributed by atoms with E-state index in [1.165, 1.54) is 0 Å². The molecule has 1 amide bonds. The monoisotopic (exact) mass is 375 g/mol. The van der Waals surface area contributed by atoms with Gasteiger partial charge in [0.1, 0.15) is 5.75 Å².